The second-order valence-corrected chi connectivity index (χ2v) is 4.94. The van der Waals surface area contributed by atoms with Crippen LogP contribution in [0.5, 0.6) is 11.6 Å². The van der Waals surface area contributed by atoms with Crippen LogP contribution in [0.2, 0.25) is 0 Å². The molecule has 0 aliphatic heterocycles. The van der Waals surface area contributed by atoms with E-state index in [1.54, 1.807) is 6.92 Å². The molecular formula is C13H10INO3. The molecule has 0 atom stereocenters. The Kier molecular flexibility index (Phi) is 3.81. The molecule has 0 spiro atoms. The highest BCUT2D eigenvalue weighted by Crippen LogP contribution is 2.22. The third-order valence-corrected chi connectivity index (χ3v) is 2.93. The minimum atomic E-state index is -0.993. The molecule has 1 N–H and O–H groups in total. The summed E-state index contributed by atoms with van der Waals surface area (Å²) in [5.41, 5.74) is 0.776. The predicted molar refractivity (Wildman–Crippen MR) is 75.2 cm³/mol. The van der Waals surface area contributed by atoms with Gasteiger partial charge in [-0.15, -0.1) is 0 Å². The lowest BCUT2D eigenvalue weighted by atomic mass is 10.2. The molecule has 0 saturated carbocycles. The van der Waals surface area contributed by atoms with Gasteiger partial charge in [0.05, 0.1) is 5.56 Å². The van der Waals surface area contributed by atoms with Crippen molar-refractivity contribution in [2.24, 2.45) is 0 Å². The number of ether oxygens (including phenoxy) is 1. The Hall–Kier alpha value is -1.63. The van der Waals surface area contributed by atoms with E-state index in [0.717, 1.165) is 3.57 Å². The van der Waals surface area contributed by atoms with E-state index < -0.39 is 5.97 Å². The number of carboxylic acid groups (broad SMARTS) is 1. The van der Waals surface area contributed by atoms with E-state index in [0.29, 0.717) is 11.4 Å². The van der Waals surface area contributed by atoms with Gasteiger partial charge in [-0.05, 0) is 59.8 Å². The lowest BCUT2D eigenvalue weighted by Crippen LogP contribution is -1.99. The zero-order valence-corrected chi connectivity index (χ0v) is 11.7. The third-order valence-electron chi connectivity index (χ3n) is 2.21. The lowest BCUT2D eigenvalue weighted by Gasteiger charge is -2.06. The molecule has 0 unspecified atom stereocenters. The van der Waals surface area contributed by atoms with E-state index in [4.69, 9.17) is 9.84 Å². The van der Waals surface area contributed by atoms with Gasteiger partial charge < -0.3 is 9.84 Å². The fourth-order valence-corrected chi connectivity index (χ4v) is 1.80. The molecule has 92 valence electrons. The van der Waals surface area contributed by atoms with E-state index in [9.17, 15) is 4.79 Å². The average Bonchev–Trinajstić information content (AvgIpc) is 2.31. The summed E-state index contributed by atoms with van der Waals surface area (Å²) in [5.74, 6) is -0.0774. The van der Waals surface area contributed by atoms with Crippen molar-refractivity contribution in [1.29, 1.82) is 0 Å². The molecular weight excluding hydrogens is 345 g/mol. The number of carbonyl (C=O) groups is 1. The molecule has 0 aliphatic carbocycles. The van der Waals surface area contributed by atoms with Gasteiger partial charge in [0.15, 0.2) is 0 Å². The predicted octanol–water partition coefficient (Wildman–Crippen LogP) is 3.49. The van der Waals surface area contributed by atoms with Gasteiger partial charge in [0.2, 0.25) is 5.88 Å². The molecule has 1 heterocycles. The number of aryl methyl sites for hydroxylation is 1. The Morgan fingerprint density at radius 3 is 2.56 bits per heavy atom. The van der Waals surface area contributed by atoms with Crippen molar-refractivity contribution in [3.8, 4) is 11.6 Å². The van der Waals surface area contributed by atoms with Gasteiger partial charge in [0.25, 0.3) is 0 Å². The molecule has 1 aromatic heterocycles. The Labute approximate surface area is 118 Å². The van der Waals surface area contributed by atoms with Crippen LogP contribution in [0.4, 0.5) is 0 Å². The monoisotopic (exact) mass is 355 g/mol. The maximum atomic E-state index is 10.9. The first-order valence-corrected chi connectivity index (χ1v) is 6.28. The highest BCUT2D eigenvalue weighted by atomic mass is 127. The highest BCUT2D eigenvalue weighted by molar-refractivity contribution is 14.1. The van der Waals surface area contributed by atoms with Crippen molar-refractivity contribution in [2.45, 2.75) is 6.92 Å². The summed E-state index contributed by atoms with van der Waals surface area (Å²) in [7, 11) is 0. The third kappa shape index (κ3) is 3.19. The normalized spacial score (nSPS) is 10.1. The van der Waals surface area contributed by atoms with Crippen LogP contribution in [0.15, 0.2) is 36.4 Å². The maximum absolute atomic E-state index is 10.9. The molecule has 2 aromatic rings. The number of rotatable bonds is 3. The fraction of sp³-hybridized carbons (Fsp3) is 0.0769. The first-order valence-electron chi connectivity index (χ1n) is 5.20. The molecule has 0 saturated heterocycles. The Balaban J connectivity index is 2.28. The zero-order valence-electron chi connectivity index (χ0n) is 9.55. The fourth-order valence-electron chi connectivity index (χ4n) is 1.44. The number of benzene rings is 1. The van der Waals surface area contributed by atoms with E-state index in [1.807, 2.05) is 24.3 Å². The molecule has 0 radical (unpaired) electrons. The number of carboxylic acids is 1. The summed E-state index contributed by atoms with van der Waals surface area (Å²) in [6, 6.07) is 10.3. The second-order valence-electron chi connectivity index (χ2n) is 3.70. The van der Waals surface area contributed by atoms with E-state index in [-0.39, 0.29) is 11.4 Å². The summed E-state index contributed by atoms with van der Waals surface area (Å²) in [6.07, 6.45) is 0. The van der Waals surface area contributed by atoms with Crippen LogP contribution in [0.1, 0.15) is 16.1 Å². The summed E-state index contributed by atoms with van der Waals surface area (Å²) >= 11 is 2.20. The van der Waals surface area contributed by atoms with Gasteiger partial charge in [-0.3, -0.25) is 0 Å². The summed E-state index contributed by atoms with van der Waals surface area (Å²) in [4.78, 5) is 15.1. The quantitative estimate of drug-likeness (QED) is 0.857. The number of hydrogen-bond donors (Lipinski definition) is 1. The standard InChI is InChI=1S/C13H10INO3/c1-8-6-9(13(16)17)7-12(15-8)18-11-4-2-10(14)3-5-11/h2-7H,1H3,(H,16,17). The van der Waals surface area contributed by atoms with Gasteiger partial charge >= 0.3 is 5.97 Å². The first-order chi connectivity index (χ1) is 8.54. The molecule has 0 aliphatic rings. The van der Waals surface area contributed by atoms with Crippen LogP contribution in [0, 0.1) is 10.5 Å². The van der Waals surface area contributed by atoms with Gasteiger partial charge in [0, 0.05) is 15.3 Å². The largest absolute Gasteiger partial charge is 0.478 e. The van der Waals surface area contributed by atoms with E-state index >= 15 is 0 Å². The summed E-state index contributed by atoms with van der Waals surface area (Å²) in [5, 5.41) is 8.95. The van der Waals surface area contributed by atoms with Crippen molar-refractivity contribution >= 4 is 28.6 Å². The molecule has 18 heavy (non-hydrogen) atoms. The maximum Gasteiger partial charge on any atom is 0.335 e. The number of pyridine rings is 1. The van der Waals surface area contributed by atoms with Gasteiger partial charge in [0.1, 0.15) is 5.75 Å². The van der Waals surface area contributed by atoms with Crippen LogP contribution in [0.25, 0.3) is 0 Å². The average molecular weight is 355 g/mol. The van der Waals surface area contributed by atoms with Crippen LogP contribution in [-0.2, 0) is 0 Å². The van der Waals surface area contributed by atoms with Gasteiger partial charge in [-0.2, -0.15) is 0 Å². The topological polar surface area (TPSA) is 59.4 Å². The van der Waals surface area contributed by atoms with Crippen LogP contribution in [0.3, 0.4) is 0 Å². The highest BCUT2D eigenvalue weighted by Gasteiger charge is 2.08. The molecule has 4 nitrogen and oxygen atoms in total. The van der Waals surface area contributed by atoms with Crippen molar-refractivity contribution in [3.63, 3.8) is 0 Å². The van der Waals surface area contributed by atoms with Crippen molar-refractivity contribution in [3.05, 3.63) is 51.2 Å². The van der Waals surface area contributed by atoms with Gasteiger partial charge in [-0.1, -0.05) is 0 Å². The Bertz CT molecular complexity index is 581. The number of aromatic carboxylic acids is 1. The molecule has 0 bridgehead atoms. The van der Waals surface area contributed by atoms with Crippen molar-refractivity contribution in [2.75, 3.05) is 0 Å². The van der Waals surface area contributed by atoms with Crippen LogP contribution in [-0.4, -0.2) is 16.1 Å². The second kappa shape index (κ2) is 5.34. The smallest absolute Gasteiger partial charge is 0.335 e. The zero-order chi connectivity index (χ0) is 13.1. The molecule has 5 heteroatoms. The number of halogens is 1. The van der Waals surface area contributed by atoms with Crippen LogP contribution < -0.4 is 4.74 Å². The number of aromatic nitrogens is 1. The Morgan fingerprint density at radius 1 is 1.28 bits per heavy atom. The lowest BCUT2D eigenvalue weighted by molar-refractivity contribution is 0.0696. The molecule has 0 amide bonds. The van der Waals surface area contributed by atoms with Crippen molar-refractivity contribution < 1.29 is 14.6 Å². The minimum Gasteiger partial charge on any atom is -0.478 e. The van der Waals surface area contributed by atoms with E-state index in [2.05, 4.69) is 27.6 Å². The number of nitrogens with zero attached hydrogens (tertiary/aromatic N) is 1. The summed E-state index contributed by atoms with van der Waals surface area (Å²) in [6.45, 7) is 1.73. The van der Waals surface area contributed by atoms with E-state index in [1.165, 1.54) is 12.1 Å². The van der Waals surface area contributed by atoms with Crippen LogP contribution >= 0.6 is 22.6 Å². The molecule has 0 fully saturated rings. The Morgan fingerprint density at radius 2 is 1.94 bits per heavy atom. The minimum absolute atomic E-state index is 0.169. The first kappa shape index (κ1) is 12.8. The SMILES string of the molecule is Cc1cc(C(=O)O)cc(Oc2ccc(I)cc2)n1. The van der Waals surface area contributed by atoms with Crippen molar-refractivity contribution in [1.82, 2.24) is 4.98 Å². The van der Waals surface area contributed by atoms with Gasteiger partial charge in [-0.25, -0.2) is 9.78 Å². The number of hydrogen-bond acceptors (Lipinski definition) is 3. The molecule has 1 aromatic carbocycles. The summed E-state index contributed by atoms with van der Waals surface area (Å²) < 4.78 is 6.63. The molecule has 2 rings (SSSR count).